The molecule has 0 saturated carbocycles. The lowest BCUT2D eigenvalue weighted by atomic mass is 10.1. The summed E-state index contributed by atoms with van der Waals surface area (Å²) in [7, 11) is 1.63. The molecule has 1 N–H and O–H groups in total. The van der Waals surface area contributed by atoms with Gasteiger partial charge in [0.1, 0.15) is 11.6 Å². The number of aromatic hydroxyl groups is 1. The summed E-state index contributed by atoms with van der Waals surface area (Å²) in [6.07, 6.45) is -2.88. The standard InChI is InChI=1S/C19H15F3N4O3/c1-25(8-12-6-13(27)4-5-15(12)20)26-9-11-3-2-10(7-14(11)19(26)28)17-23-24-18(29-17)16(21)22/h2-7,16,27H,8-9H2,1H3. The molecule has 0 saturated heterocycles. The van der Waals surface area contributed by atoms with E-state index in [0.717, 1.165) is 11.6 Å². The van der Waals surface area contributed by atoms with Crippen LogP contribution >= 0.6 is 0 Å². The molecule has 150 valence electrons. The van der Waals surface area contributed by atoms with Gasteiger partial charge in [0.2, 0.25) is 5.89 Å². The lowest BCUT2D eigenvalue weighted by Gasteiger charge is -2.28. The van der Waals surface area contributed by atoms with Gasteiger partial charge in [-0.15, -0.1) is 10.2 Å². The normalized spacial score (nSPS) is 13.6. The van der Waals surface area contributed by atoms with Gasteiger partial charge < -0.3 is 9.52 Å². The SMILES string of the molecule is CN(Cc1cc(O)ccc1F)N1Cc2ccc(-c3nnc(C(F)F)o3)cc2C1=O. The van der Waals surface area contributed by atoms with Crippen molar-refractivity contribution in [1.82, 2.24) is 20.2 Å². The Hall–Kier alpha value is -3.40. The highest BCUT2D eigenvalue weighted by Gasteiger charge is 2.31. The highest BCUT2D eigenvalue weighted by atomic mass is 19.3. The number of fused-ring (bicyclic) bond motifs is 1. The molecule has 1 aromatic heterocycles. The number of nitrogens with zero attached hydrogens (tertiary/aromatic N) is 4. The first-order valence-corrected chi connectivity index (χ1v) is 8.58. The zero-order valence-corrected chi connectivity index (χ0v) is 15.1. The van der Waals surface area contributed by atoms with Gasteiger partial charge >= 0.3 is 6.43 Å². The van der Waals surface area contributed by atoms with E-state index in [1.807, 2.05) is 0 Å². The Labute approximate surface area is 163 Å². The number of carbonyl (C=O) groups excluding carboxylic acids is 1. The number of alkyl halides is 2. The van der Waals surface area contributed by atoms with E-state index in [0.29, 0.717) is 11.1 Å². The van der Waals surface area contributed by atoms with E-state index in [1.54, 1.807) is 24.2 Å². The summed E-state index contributed by atoms with van der Waals surface area (Å²) < 4.78 is 44.2. The first kappa shape index (κ1) is 18.9. The van der Waals surface area contributed by atoms with Crippen LogP contribution in [-0.2, 0) is 13.1 Å². The molecule has 0 fully saturated rings. The average molecular weight is 404 g/mol. The molecule has 4 rings (SSSR count). The predicted molar refractivity (Wildman–Crippen MR) is 94.1 cm³/mol. The van der Waals surface area contributed by atoms with Crippen molar-refractivity contribution in [1.29, 1.82) is 0 Å². The molecule has 2 aromatic carbocycles. The molecule has 1 aliphatic heterocycles. The summed E-state index contributed by atoms with van der Waals surface area (Å²) in [5.74, 6) is -1.80. The van der Waals surface area contributed by atoms with Crippen molar-refractivity contribution >= 4 is 5.91 Å². The molecule has 0 bridgehead atoms. The van der Waals surface area contributed by atoms with Gasteiger partial charge in [0, 0.05) is 30.3 Å². The largest absolute Gasteiger partial charge is 0.508 e. The van der Waals surface area contributed by atoms with Gasteiger partial charge in [-0.2, -0.15) is 8.78 Å². The Balaban J connectivity index is 1.55. The van der Waals surface area contributed by atoms with Crippen LogP contribution in [0.4, 0.5) is 13.2 Å². The lowest BCUT2D eigenvalue weighted by molar-refractivity contribution is 0.00216. The maximum Gasteiger partial charge on any atom is 0.314 e. The number of hydrogen-bond donors (Lipinski definition) is 1. The summed E-state index contributed by atoms with van der Waals surface area (Å²) in [5.41, 5.74) is 1.67. The molecule has 1 aliphatic rings. The maximum absolute atomic E-state index is 14.0. The Morgan fingerprint density at radius 2 is 2.03 bits per heavy atom. The van der Waals surface area contributed by atoms with Crippen molar-refractivity contribution in [2.75, 3.05) is 7.05 Å². The molecule has 0 atom stereocenters. The van der Waals surface area contributed by atoms with Gasteiger partial charge in [-0.25, -0.2) is 9.40 Å². The van der Waals surface area contributed by atoms with Gasteiger partial charge in [0.05, 0.1) is 6.54 Å². The molecule has 10 heteroatoms. The van der Waals surface area contributed by atoms with Crippen molar-refractivity contribution in [2.24, 2.45) is 0 Å². The van der Waals surface area contributed by atoms with E-state index in [1.165, 1.54) is 23.2 Å². The van der Waals surface area contributed by atoms with Crippen LogP contribution in [0.3, 0.4) is 0 Å². The zero-order chi connectivity index (χ0) is 20.7. The molecule has 0 spiro atoms. The smallest absolute Gasteiger partial charge is 0.314 e. The minimum Gasteiger partial charge on any atom is -0.508 e. The zero-order valence-electron chi connectivity index (χ0n) is 15.1. The third-order valence-corrected chi connectivity index (χ3v) is 4.61. The van der Waals surface area contributed by atoms with Gasteiger partial charge in [0.15, 0.2) is 0 Å². The van der Waals surface area contributed by atoms with Gasteiger partial charge in [0.25, 0.3) is 11.8 Å². The van der Waals surface area contributed by atoms with Crippen LogP contribution in [0.15, 0.2) is 40.8 Å². The molecule has 0 aliphatic carbocycles. The van der Waals surface area contributed by atoms with E-state index in [4.69, 9.17) is 4.42 Å². The van der Waals surface area contributed by atoms with Gasteiger partial charge in [-0.3, -0.25) is 9.80 Å². The van der Waals surface area contributed by atoms with Crippen molar-refractivity contribution in [3.8, 4) is 17.2 Å². The number of aromatic nitrogens is 2. The average Bonchev–Trinajstić information content (AvgIpc) is 3.30. The molecule has 0 radical (unpaired) electrons. The van der Waals surface area contributed by atoms with Gasteiger partial charge in [-0.05, 0) is 35.9 Å². The van der Waals surface area contributed by atoms with Crippen LogP contribution in [0.1, 0.15) is 33.8 Å². The fourth-order valence-electron chi connectivity index (χ4n) is 3.15. The Kier molecular flexibility index (Phi) is 4.71. The summed E-state index contributed by atoms with van der Waals surface area (Å²) >= 11 is 0. The molecule has 3 aromatic rings. The second kappa shape index (κ2) is 7.21. The van der Waals surface area contributed by atoms with Crippen LogP contribution in [0, 0.1) is 5.82 Å². The number of phenolic OH excluding ortho intramolecular Hbond substituents is 1. The van der Waals surface area contributed by atoms with Crippen molar-refractivity contribution in [3.63, 3.8) is 0 Å². The first-order valence-electron chi connectivity index (χ1n) is 8.58. The molecular weight excluding hydrogens is 389 g/mol. The predicted octanol–water partition coefficient (Wildman–Crippen LogP) is 3.52. The maximum atomic E-state index is 14.0. The highest BCUT2D eigenvalue weighted by Crippen LogP contribution is 2.30. The molecular formula is C19H15F3N4O3. The van der Waals surface area contributed by atoms with Crippen LogP contribution in [-0.4, -0.2) is 38.3 Å². The Bertz CT molecular complexity index is 1090. The van der Waals surface area contributed by atoms with E-state index in [-0.39, 0.29) is 36.2 Å². The van der Waals surface area contributed by atoms with E-state index >= 15 is 0 Å². The number of phenols is 1. The monoisotopic (exact) mass is 404 g/mol. The molecule has 1 amide bonds. The van der Waals surface area contributed by atoms with Crippen LogP contribution in [0.25, 0.3) is 11.5 Å². The van der Waals surface area contributed by atoms with Crippen molar-refractivity contribution in [3.05, 3.63) is 64.8 Å². The molecule has 29 heavy (non-hydrogen) atoms. The minimum atomic E-state index is -2.88. The highest BCUT2D eigenvalue weighted by molar-refractivity contribution is 5.99. The summed E-state index contributed by atoms with van der Waals surface area (Å²) in [6, 6.07) is 8.49. The minimum absolute atomic E-state index is 0.0637. The number of amides is 1. The summed E-state index contributed by atoms with van der Waals surface area (Å²) in [5, 5.41) is 19.4. The van der Waals surface area contributed by atoms with Crippen molar-refractivity contribution < 1.29 is 27.5 Å². The second-order valence-electron chi connectivity index (χ2n) is 6.57. The van der Waals surface area contributed by atoms with Crippen LogP contribution in [0.5, 0.6) is 5.75 Å². The number of hydrogen-bond acceptors (Lipinski definition) is 6. The summed E-state index contributed by atoms with van der Waals surface area (Å²) in [4.78, 5) is 12.8. The lowest BCUT2D eigenvalue weighted by Crippen LogP contribution is -2.39. The third-order valence-electron chi connectivity index (χ3n) is 4.61. The second-order valence-corrected chi connectivity index (χ2v) is 6.57. The number of hydrazine groups is 1. The number of carbonyl (C=O) groups is 1. The van der Waals surface area contributed by atoms with E-state index in [9.17, 15) is 23.1 Å². The van der Waals surface area contributed by atoms with Crippen LogP contribution < -0.4 is 0 Å². The summed E-state index contributed by atoms with van der Waals surface area (Å²) in [6.45, 7) is 0.325. The molecule has 7 nitrogen and oxygen atoms in total. The number of halogens is 3. The quantitative estimate of drug-likeness (QED) is 0.701. The van der Waals surface area contributed by atoms with Crippen LogP contribution in [0.2, 0.25) is 0 Å². The molecule has 2 heterocycles. The van der Waals surface area contributed by atoms with E-state index in [2.05, 4.69) is 10.2 Å². The molecule has 0 unspecified atom stereocenters. The fraction of sp³-hybridized carbons (Fsp3) is 0.211. The van der Waals surface area contributed by atoms with Gasteiger partial charge in [-0.1, -0.05) is 6.07 Å². The Morgan fingerprint density at radius 1 is 1.24 bits per heavy atom. The van der Waals surface area contributed by atoms with E-state index < -0.39 is 18.1 Å². The third kappa shape index (κ3) is 3.54. The fourth-order valence-corrected chi connectivity index (χ4v) is 3.15. The number of benzene rings is 2. The number of rotatable bonds is 5. The Morgan fingerprint density at radius 3 is 2.76 bits per heavy atom. The topological polar surface area (TPSA) is 82.7 Å². The first-order chi connectivity index (χ1) is 13.8. The van der Waals surface area contributed by atoms with Crippen molar-refractivity contribution in [2.45, 2.75) is 19.5 Å².